The Morgan fingerprint density at radius 3 is 2.00 bits per heavy atom. The van der Waals surface area contributed by atoms with Crippen LogP contribution in [0.3, 0.4) is 0 Å². The van der Waals surface area contributed by atoms with Gasteiger partial charge >= 0.3 is 0 Å². The molecule has 0 bridgehead atoms. The Kier molecular flexibility index (Phi) is 8.19. The topological polar surface area (TPSA) is 52.6 Å². The van der Waals surface area contributed by atoms with Crippen molar-refractivity contribution in [1.82, 2.24) is 15.1 Å². The molecule has 5 heteroatoms. The number of ketones is 1. The lowest BCUT2D eigenvalue weighted by Crippen LogP contribution is -2.47. The summed E-state index contributed by atoms with van der Waals surface area (Å²) in [6, 6.07) is 0. The van der Waals surface area contributed by atoms with Gasteiger partial charge in [-0.25, -0.2) is 0 Å². The molecule has 0 spiro atoms. The molecule has 2 rings (SSSR count). The fraction of sp³-hybridized carbons (Fsp3) is 0.895. The maximum absolute atomic E-state index is 12.2. The first-order valence-electron chi connectivity index (χ1n) is 9.83. The lowest BCUT2D eigenvalue weighted by atomic mass is 9.80. The van der Waals surface area contributed by atoms with Crippen molar-refractivity contribution in [3.05, 3.63) is 0 Å². The number of rotatable bonds is 8. The number of hydrogen-bond acceptors (Lipinski definition) is 4. The van der Waals surface area contributed by atoms with Crippen molar-refractivity contribution in [2.45, 2.75) is 52.4 Å². The molecule has 0 aromatic carbocycles. The molecule has 1 aliphatic carbocycles. The molecule has 1 N–H and O–H groups in total. The second-order valence-corrected chi connectivity index (χ2v) is 7.49. The lowest BCUT2D eigenvalue weighted by Gasteiger charge is -2.34. The largest absolute Gasteiger partial charge is 0.356 e. The second-order valence-electron chi connectivity index (χ2n) is 7.49. The first kappa shape index (κ1) is 19.4. The summed E-state index contributed by atoms with van der Waals surface area (Å²) in [5.41, 5.74) is 0. The van der Waals surface area contributed by atoms with Gasteiger partial charge in [0.25, 0.3) is 0 Å². The van der Waals surface area contributed by atoms with Gasteiger partial charge in [0.1, 0.15) is 5.78 Å². The predicted octanol–water partition coefficient (Wildman–Crippen LogP) is 1.92. The third kappa shape index (κ3) is 6.17. The van der Waals surface area contributed by atoms with E-state index in [0.29, 0.717) is 0 Å². The minimum Gasteiger partial charge on any atom is -0.356 e. The van der Waals surface area contributed by atoms with Crippen LogP contribution in [0, 0.1) is 11.8 Å². The molecule has 1 saturated heterocycles. The SMILES string of the molecule is CCCN1CCN(CCCNC(=O)C2CCC(C(C)=O)CC2)CC1. The van der Waals surface area contributed by atoms with Gasteiger partial charge in [-0.05, 0) is 58.5 Å². The highest BCUT2D eigenvalue weighted by molar-refractivity contribution is 5.80. The van der Waals surface area contributed by atoms with Crippen molar-refractivity contribution in [3.8, 4) is 0 Å². The van der Waals surface area contributed by atoms with Gasteiger partial charge < -0.3 is 15.1 Å². The molecule has 0 atom stereocenters. The summed E-state index contributed by atoms with van der Waals surface area (Å²) in [6.45, 7) is 11.7. The van der Waals surface area contributed by atoms with Crippen molar-refractivity contribution in [3.63, 3.8) is 0 Å². The van der Waals surface area contributed by atoms with Crippen LogP contribution < -0.4 is 5.32 Å². The molecule has 1 saturated carbocycles. The molecule has 1 aliphatic heterocycles. The second kappa shape index (κ2) is 10.1. The molecular weight excluding hydrogens is 302 g/mol. The van der Waals surface area contributed by atoms with Crippen molar-refractivity contribution in [1.29, 1.82) is 0 Å². The molecule has 0 radical (unpaired) electrons. The summed E-state index contributed by atoms with van der Waals surface area (Å²) in [7, 11) is 0. The van der Waals surface area contributed by atoms with Gasteiger partial charge in [-0.1, -0.05) is 6.92 Å². The zero-order valence-corrected chi connectivity index (χ0v) is 15.6. The van der Waals surface area contributed by atoms with Crippen molar-refractivity contribution < 1.29 is 9.59 Å². The molecular formula is C19H35N3O2. The number of Topliss-reactive ketones (excluding diaryl/α,β-unsaturated/α-hetero) is 1. The van der Waals surface area contributed by atoms with Gasteiger partial charge in [0, 0.05) is 44.6 Å². The van der Waals surface area contributed by atoms with Crippen molar-refractivity contribution >= 4 is 11.7 Å². The number of nitrogens with zero attached hydrogens (tertiary/aromatic N) is 2. The number of carbonyl (C=O) groups excluding carboxylic acids is 2. The van der Waals surface area contributed by atoms with Crippen LogP contribution in [0.25, 0.3) is 0 Å². The van der Waals surface area contributed by atoms with Crippen LogP contribution >= 0.6 is 0 Å². The zero-order chi connectivity index (χ0) is 17.4. The minimum atomic E-state index is 0.123. The molecule has 138 valence electrons. The van der Waals surface area contributed by atoms with Crippen LogP contribution in [0.1, 0.15) is 52.4 Å². The summed E-state index contributed by atoms with van der Waals surface area (Å²) in [4.78, 5) is 28.7. The van der Waals surface area contributed by atoms with E-state index in [4.69, 9.17) is 0 Å². The van der Waals surface area contributed by atoms with Crippen molar-refractivity contribution in [2.75, 3.05) is 45.8 Å². The third-order valence-corrected chi connectivity index (χ3v) is 5.63. The third-order valence-electron chi connectivity index (χ3n) is 5.63. The average Bonchev–Trinajstić information content (AvgIpc) is 2.60. The zero-order valence-electron chi connectivity index (χ0n) is 15.6. The van der Waals surface area contributed by atoms with Gasteiger partial charge in [0.15, 0.2) is 0 Å². The number of nitrogens with one attached hydrogen (secondary N) is 1. The Labute approximate surface area is 147 Å². The molecule has 24 heavy (non-hydrogen) atoms. The maximum Gasteiger partial charge on any atom is 0.223 e. The summed E-state index contributed by atoms with van der Waals surface area (Å²) in [5, 5.41) is 3.10. The van der Waals surface area contributed by atoms with E-state index in [1.807, 2.05) is 0 Å². The molecule has 2 fully saturated rings. The van der Waals surface area contributed by atoms with E-state index in [1.54, 1.807) is 6.92 Å². The van der Waals surface area contributed by atoms with Crippen molar-refractivity contribution in [2.24, 2.45) is 11.8 Å². The quantitative estimate of drug-likeness (QED) is 0.688. The van der Waals surface area contributed by atoms with E-state index in [-0.39, 0.29) is 23.5 Å². The molecule has 0 unspecified atom stereocenters. The summed E-state index contributed by atoms with van der Waals surface area (Å²) in [5.74, 6) is 0.802. The molecule has 0 aromatic rings. The highest BCUT2D eigenvalue weighted by atomic mass is 16.2. The minimum absolute atomic E-state index is 0.123. The standard InChI is InChI=1S/C19H35N3O2/c1-3-10-21-12-14-22(15-13-21)11-4-9-20-19(24)18-7-5-17(6-8-18)16(2)23/h17-18H,3-15H2,1-2H3,(H,20,24). The lowest BCUT2D eigenvalue weighted by molar-refractivity contribution is -0.128. The molecule has 1 amide bonds. The number of carbonyl (C=O) groups is 2. The molecule has 2 aliphatic rings. The Hall–Kier alpha value is -0.940. The fourth-order valence-electron chi connectivity index (χ4n) is 3.97. The molecule has 5 nitrogen and oxygen atoms in total. The maximum atomic E-state index is 12.2. The smallest absolute Gasteiger partial charge is 0.223 e. The van der Waals surface area contributed by atoms with Crippen LogP contribution in [-0.4, -0.2) is 67.3 Å². The van der Waals surface area contributed by atoms with Gasteiger partial charge in [-0.15, -0.1) is 0 Å². The first-order valence-corrected chi connectivity index (χ1v) is 9.83. The summed E-state index contributed by atoms with van der Waals surface area (Å²) in [6.07, 6.45) is 5.78. The van der Waals surface area contributed by atoms with Gasteiger partial charge in [-0.3, -0.25) is 9.59 Å². The van der Waals surface area contributed by atoms with Gasteiger partial charge in [0.05, 0.1) is 0 Å². The van der Waals surface area contributed by atoms with Crippen LogP contribution in [-0.2, 0) is 9.59 Å². The highest BCUT2D eigenvalue weighted by Gasteiger charge is 2.28. The number of amides is 1. The average molecular weight is 338 g/mol. The van der Waals surface area contributed by atoms with Crippen LogP contribution in [0.2, 0.25) is 0 Å². The number of hydrogen-bond donors (Lipinski definition) is 1. The normalized spacial score (nSPS) is 26.2. The predicted molar refractivity (Wildman–Crippen MR) is 96.9 cm³/mol. The van der Waals surface area contributed by atoms with Crippen LogP contribution in [0.5, 0.6) is 0 Å². The Balaban J connectivity index is 1.53. The van der Waals surface area contributed by atoms with E-state index in [2.05, 4.69) is 22.0 Å². The van der Waals surface area contributed by atoms with Crippen LogP contribution in [0.4, 0.5) is 0 Å². The Morgan fingerprint density at radius 2 is 1.46 bits per heavy atom. The Bertz CT molecular complexity index is 397. The first-order chi connectivity index (χ1) is 11.6. The van der Waals surface area contributed by atoms with Gasteiger partial charge in [-0.2, -0.15) is 0 Å². The fourth-order valence-corrected chi connectivity index (χ4v) is 3.97. The van der Waals surface area contributed by atoms with Gasteiger partial charge in [0.2, 0.25) is 5.91 Å². The number of piperazine rings is 1. The van der Waals surface area contributed by atoms with E-state index >= 15 is 0 Å². The highest BCUT2D eigenvalue weighted by Crippen LogP contribution is 2.29. The molecule has 1 heterocycles. The van der Waals surface area contributed by atoms with E-state index in [1.165, 1.54) is 26.1 Å². The monoisotopic (exact) mass is 337 g/mol. The van der Waals surface area contributed by atoms with E-state index in [0.717, 1.165) is 58.3 Å². The summed E-state index contributed by atoms with van der Waals surface area (Å²) < 4.78 is 0. The summed E-state index contributed by atoms with van der Waals surface area (Å²) >= 11 is 0. The molecule has 0 aromatic heterocycles. The van der Waals surface area contributed by atoms with Crippen LogP contribution in [0.15, 0.2) is 0 Å². The Morgan fingerprint density at radius 1 is 0.917 bits per heavy atom. The van der Waals surface area contributed by atoms with E-state index < -0.39 is 0 Å². The van der Waals surface area contributed by atoms with E-state index in [9.17, 15) is 9.59 Å².